The molecule has 2 aromatic carbocycles. The molecule has 0 N–H and O–H groups in total. The fraction of sp³-hybridized carbons (Fsp3) is 0.469. The van der Waals surface area contributed by atoms with Gasteiger partial charge in [0.2, 0.25) is 5.91 Å². The molecule has 0 radical (unpaired) electrons. The first-order chi connectivity index (χ1) is 18.5. The lowest BCUT2D eigenvalue weighted by Crippen LogP contribution is -2.59. The van der Waals surface area contributed by atoms with Crippen molar-refractivity contribution in [1.82, 2.24) is 9.88 Å². The predicted octanol–water partition coefficient (Wildman–Crippen LogP) is 5.53. The molecule has 38 heavy (non-hydrogen) atoms. The van der Waals surface area contributed by atoms with Crippen molar-refractivity contribution in [1.29, 1.82) is 5.26 Å². The highest BCUT2D eigenvalue weighted by Crippen LogP contribution is 2.38. The van der Waals surface area contributed by atoms with Crippen LogP contribution in [0.3, 0.4) is 0 Å². The molecule has 4 heterocycles. The zero-order valence-corrected chi connectivity index (χ0v) is 22.7. The van der Waals surface area contributed by atoms with Gasteiger partial charge in [-0.2, -0.15) is 5.26 Å². The topological polar surface area (TPSA) is 63.5 Å². The molecule has 4 unspecified atom stereocenters. The summed E-state index contributed by atoms with van der Waals surface area (Å²) in [6.07, 6.45) is 5.85. The van der Waals surface area contributed by atoms with E-state index in [-0.39, 0.29) is 5.92 Å². The van der Waals surface area contributed by atoms with Crippen LogP contribution in [0.25, 0.3) is 10.9 Å². The Morgan fingerprint density at radius 2 is 1.95 bits per heavy atom. The number of aromatic nitrogens is 1. The van der Waals surface area contributed by atoms with Gasteiger partial charge in [-0.05, 0) is 73.2 Å². The van der Waals surface area contributed by atoms with E-state index in [1.807, 2.05) is 12.1 Å². The molecule has 2 saturated heterocycles. The average molecular weight is 508 g/mol. The summed E-state index contributed by atoms with van der Waals surface area (Å²) in [5.74, 6) is 0.939. The first-order valence-electron chi connectivity index (χ1n) is 14.2. The van der Waals surface area contributed by atoms with Crippen molar-refractivity contribution in [3.05, 3.63) is 65.4 Å². The zero-order valence-electron chi connectivity index (χ0n) is 22.7. The summed E-state index contributed by atoms with van der Waals surface area (Å²) in [6.45, 7) is 10.4. The summed E-state index contributed by atoms with van der Waals surface area (Å²) in [5, 5.41) is 10.6. The van der Waals surface area contributed by atoms with Crippen LogP contribution in [0, 0.1) is 23.2 Å². The molecule has 3 aliphatic rings. The van der Waals surface area contributed by atoms with Crippen LogP contribution in [0.5, 0.6) is 0 Å². The van der Waals surface area contributed by atoms with Crippen molar-refractivity contribution >= 4 is 28.2 Å². The van der Waals surface area contributed by atoms with Gasteiger partial charge in [0.1, 0.15) is 6.07 Å². The van der Waals surface area contributed by atoms with E-state index in [1.54, 1.807) is 6.20 Å². The first-order valence-corrected chi connectivity index (χ1v) is 14.2. The Hall–Kier alpha value is -3.43. The van der Waals surface area contributed by atoms with Crippen LogP contribution < -0.4 is 9.80 Å². The molecule has 196 valence electrons. The van der Waals surface area contributed by atoms with Gasteiger partial charge in [0.15, 0.2) is 0 Å². The molecule has 3 aliphatic heterocycles. The molecule has 3 aromatic rings. The molecule has 0 aliphatic carbocycles. The van der Waals surface area contributed by atoms with Crippen molar-refractivity contribution in [3.8, 4) is 6.07 Å². The van der Waals surface area contributed by atoms with Gasteiger partial charge in [-0.3, -0.25) is 14.7 Å². The molecule has 0 spiro atoms. The van der Waals surface area contributed by atoms with Gasteiger partial charge in [-0.15, -0.1) is 0 Å². The molecule has 6 rings (SSSR count). The Kier molecular flexibility index (Phi) is 6.57. The lowest BCUT2D eigenvalue weighted by atomic mass is 9.89. The van der Waals surface area contributed by atoms with E-state index in [9.17, 15) is 10.1 Å². The van der Waals surface area contributed by atoms with E-state index in [0.29, 0.717) is 29.5 Å². The minimum atomic E-state index is 0.168. The van der Waals surface area contributed by atoms with Crippen LogP contribution in [0.2, 0.25) is 0 Å². The molecule has 1 amide bonds. The van der Waals surface area contributed by atoms with E-state index in [1.165, 1.54) is 11.1 Å². The zero-order chi connectivity index (χ0) is 26.4. The molecule has 0 bridgehead atoms. The third-order valence-corrected chi connectivity index (χ3v) is 9.16. The standard InChI is InChI=1S/C32H37N5O/c1-4-7-28-22(5-2)18-37(32(28)38)26-11-9-24-19-36-21(3)17-35(20-27(36)15-25(24)14-26)30-12-10-23(16-33)31-29(30)8-6-13-34-31/h6,8-14,21-22,27-28H,4-5,7,15,17-20H2,1-3H3. The normalized spacial score (nSPS) is 25.4. The lowest BCUT2D eigenvalue weighted by Gasteiger charge is -2.49. The summed E-state index contributed by atoms with van der Waals surface area (Å²) < 4.78 is 0. The van der Waals surface area contributed by atoms with Crippen molar-refractivity contribution in [3.63, 3.8) is 0 Å². The number of nitriles is 1. The number of anilines is 2. The Labute approximate surface area is 225 Å². The minimum Gasteiger partial charge on any atom is -0.368 e. The van der Waals surface area contributed by atoms with Crippen LogP contribution in [-0.2, 0) is 17.8 Å². The number of amides is 1. The smallest absolute Gasteiger partial charge is 0.230 e. The molecule has 6 nitrogen and oxygen atoms in total. The van der Waals surface area contributed by atoms with E-state index in [2.05, 4.69) is 76.9 Å². The summed E-state index contributed by atoms with van der Waals surface area (Å²) in [4.78, 5) is 25.1. The molecular weight excluding hydrogens is 470 g/mol. The number of pyridine rings is 1. The maximum Gasteiger partial charge on any atom is 0.230 e. The number of hydrogen-bond donors (Lipinski definition) is 0. The van der Waals surface area contributed by atoms with Crippen LogP contribution in [0.1, 0.15) is 56.7 Å². The van der Waals surface area contributed by atoms with Crippen LogP contribution in [0.15, 0.2) is 48.7 Å². The maximum absolute atomic E-state index is 13.3. The van der Waals surface area contributed by atoms with Gasteiger partial charge in [-0.25, -0.2) is 0 Å². The molecule has 4 atom stereocenters. The Bertz CT molecular complexity index is 1410. The minimum absolute atomic E-state index is 0.168. The fourth-order valence-electron chi connectivity index (χ4n) is 7.15. The second-order valence-electron chi connectivity index (χ2n) is 11.4. The number of fused-ring (bicyclic) bond motifs is 3. The first kappa shape index (κ1) is 24.9. The number of carbonyl (C=O) groups is 1. The van der Waals surface area contributed by atoms with Gasteiger partial charge in [0, 0.05) is 67.1 Å². The third-order valence-electron chi connectivity index (χ3n) is 9.16. The Morgan fingerprint density at radius 3 is 2.74 bits per heavy atom. The van der Waals surface area contributed by atoms with Crippen molar-refractivity contribution in [2.75, 3.05) is 29.4 Å². The van der Waals surface area contributed by atoms with Crippen molar-refractivity contribution < 1.29 is 4.79 Å². The Balaban J connectivity index is 1.27. The summed E-state index contributed by atoms with van der Waals surface area (Å²) in [7, 11) is 0. The highest BCUT2D eigenvalue weighted by atomic mass is 16.2. The van der Waals surface area contributed by atoms with E-state index in [4.69, 9.17) is 0 Å². The average Bonchev–Trinajstić information content (AvgIpc) is 3.26. The summed E-state index contributed by atoms with van der Waals surface area (Å²) >= 11 is 0. The number of nitrogens with zero attached hydrogens (tertiary/aromatic N) is 5. The predicted molar refractivity (Wildman–Crippen MR) is 152 cm³/mol. The van der Waals surface area contributed by atoms with Crippen molar-refractivity contribution in [2.24, 2.45) is 11.8 Å². The highest BCUT2D eigenvalue weighted by Gasteiger charge is 2.40. The fourth-order valence-corrected chi connectivity index (χ4v) is 7.15. The molecule has 6 heteroatoms. The van der Waals surface area contributed by atoms with E-state index < -0.39 is 0 Å². The van der Waals surface area contributed by atoms with Crippen LogP contribution >= 0.6 is 0 Å². The van der Waals surface area contributed by atoms with E-state index in [0.717, 1.165) is 74.1 Å². The monoisotopic (exact) mass is 507 g/mol. The van der Waals surface area contributed by atoms with E-state index >= 15 is 0 Å². The van der Waals surface area contributed by atoms with Gasteiger partial charge in [-0.1, -0.05) is 32.8 Å². The second kappa shape index (κ2) is 10.0. The molecule has 0 saturated carbocycles. The molecule has 1 aromatic heterocycles. The second-order valence-corrected chi connectivity index (χ2v) is 11.4. The quantitative estimate of drug-likeness (QED) is 0.454. The number of benzene rings is 2. The third kappa shape index (κ3) is 4.14. The van der Waals surface area contributed by atoms with Gasteiger partial charge >= 0.3 is 0 Å². The SMILES string of the molecule is CCCC1C(=O)N(c2ccc3c(c2)CC2CN(c4ccc(C#N)c5ncccc45)CC(C)N2C3)CC1CC. The molecular formula is C32H37N5O. The summed E-state index contributed by atoms with van der Waals surface area (Å²) in [6, 6.07) is 17.9. The molecule has 2 fully saturated rings. The maximum atomic E-state index is 13.3. The van der Waals surface area contributed by atoms with Gasteiger partial charge in [0.05, 0.1) is 11.1 Å². The van der Waals surface area contributed by atoms with Gasteiger partial charge in [0.25, 0.3) is 0 Å². The highest BCUT2D eigenvalue weighted by molar-refractivity contribution is 5.98. The van der Waals surface area contributed by atoms with Crippen LogP contribution in [0.4, 0.5) is 11.4 Å². The number of hydrogen-bond acceptors (Lipinski definition) is 5. The van der Waals surface area contributed by atoms with Gasteiger partial charge < -0.3 is 9.80 Å². The van der Waals surface area contributed by atoms with Crippen LogP contribution in [-0.4, -0.2) is 47.5 Å². The van der Waals surface area contributed by atoms with Crippen molar-refractivity contribution in [2.45, 2.75) is 65.1 Å². The Morgan fingerprint density at radius 1 is 1.08 bits per heavy atom. The number of rotatable bonds is 5. The number of piperazine rings is 1. The number of carbonyl (C=O) groups excluding carboxylic acids is 1. The lowest BCUT2D eigenvalue weighted by molar-refractivity contribution is -0.121. The largest absolute Gasteiger partial charge is 0.368 e. The summed E-state index contributed by atoms with van der Waals surface area (Å²) in [5.41, 5.74) is 6.41.